The van der Waals surface area contributed by atoms with Crippen molar-refractivity contribution in [3.63, 3.8) is 0 Å². The molecule has 8 heteroatoms. The van der Waals surface area contributed by atoms with Crippen LogP contribution in [0.4, 0.5) is 5.82 Å². The van der Waals surface area contributed by atoms with Crippen molar-refractivity contribution in [1.29, 1.82) is 0 Å². The van der Waals surface area contributed by atoms with Gasteiger partial charge in [0.05, 0.1) is 12.2 Å². The molecule has 1 saturated heterocycles. The molecule has 32 heavy (non-hydrogen) atoms. The van der Waals surface area contributed by atoms with Crippen LogP contribution < -0.4 is 10.2 Å². The minimum absolute atomic E-state index is 0.0261. The van der Waals surface area contributed by atoms with E-state index in [-0.39, 0.29) is 18.4 Å². The first kappa shape index (κ1) is 20.8. The molecular weight excluding hydrogens is 404 g/mol. The number of nitrogens with one attached hydrogen (secondary N) is 1. The molecule has 168 valence electrons. The summed E-state index contributed by atoms with van der Waals surface area (Å²) < 4.78 is 3.93. The van der Waals surface area contributed by atoms with Crippen LogP contribution in [0.2, 0.25) is 0 Å². The maximum Gasteiger partial charge on any atom is 0.240 e. The number of carbonyl (C=O) groups excluding carboxylic acids is 2. The van der Waals surface area contributed by atoms with Crippen molar-refractivity contribution in [2.24, 2.45) is 7.05 Å². The smallest absolute Gasteiger partial charge is 0.240 e. The number of hydrogen-bond donors (Lipinski definition) is 1. The molecule has 1 unspecified atom stereocenters. The van der Waals surface area contributed by atoms with Gasteiger partial charge in [-0.3, -0.25) is 19.4 Å². The van der Waals surface area contributed by atoms with Gasteiger partial charge in [0, 0.05) is 54.8 Å². The lowest BCUT2D eigenvalue weighted by Crippen LogP contribution is -2.47. The molecule has 8 nitrogen and oxygen atoms in total. The molecule has 2 aliphatic rings. The molecule has 0 spiro atoms. The summed E-state index contributed by atoms with van der Waals surface area (Å²) in [7, 11) is 2.02. The lowest BCUT2D eigenvalue weighted by molar-refractivity contribution is -0.124. The molecule has 0 bridgehead atoms. The Morgan fingerprint density at radius 1 is 1.25 bits per heavy atom. The lowest BCUT2D eigenvalue weighted by Gasteiger charge is -2.27. The lowest BCUT2D eigenvalue weighted by atomic mass is 10.1. The highest BCUT2D eigenvalue weighted by molar-refractivity contribution is 6.00. The molecule has 0 saturated carbocycles. The molecule has 1 N–H and O–H groups in total. The zero-order valence-corrected chi connectivity index (χ0v) is 18.8. The van der Waals surface area contributed by atoms with Gasteiger partial charge < -0.3 is 9.88 Å². The third kappa shape index (κ3) is 3.68. The first-order valence-electron chi connectivity index (χ1n) is 11.5. The fourth-order valence-corrected chi connectivity index (χ4v) is 5.07. The van der Waals surface area contributed by atoms with E-state index in [4.69, 9.17) is 5.10 Å². The fraction of sp³-hybridized carbons (Fsp3) is 0.458. The maximum absolute atomic E-state index is 12.7. The fourth-order valence-electron chi connectivity index (χ4n) is 5.07. The number of amides is 2. The van der Waals surface area contributed by atoms with E-state index in [9.17, 15) is 9.59 Å². The molecule has 0 radical (unpaired) electrons. The van der Waals surface area contributed by atoms with Crippen LogP contribution in [0, 0.1) is 0 Å². The minimum Gasteiger partial charge on any atom is -0.353 e. The first-order chi connectivity index (χ1) is 15.5. The maximum atomic E-state index is 12.7. The Kier molecular flexibility index (Phi) is 5.46. The van der Waals surface area contributed by atoms with Gasteiger partial charge in [0.2, 0.25) is 11.8 Å². The number of anilines is 1. The van der Waals surface area contributed by atoms with Crippen LogP contribution in [0.5, 0.6) is 0 Å². The summed E-state index contributed by atoms with van der Waals surface area (Å²) in [6.07, 6.45) is 4.70. The Balaban J connectivity index is 1.35. The van der Waals surface area contributed by atoms with Crippen LogP contribution in [0.15, 0.2) is 36.5 Å². The van der Waals surface area contributed by atoms with E-state index in [0.29, 0.717) is 31.4 Å². The summed E-state index contributed by atoms with van der Waals surface area (Å²) >= 11 is 0. The number of aromatic nitrogens is 3. The predicted octanol–water partition coefficient (Wildman–Crippen LogP) is 2.38. The molecule has 5 rings (SSSR count). The monoisotopic (exact) mass is 434 g/mol. The highest BCUT2D eigenvalue weighted by Crippen LogP contribution is 2.33. The summed E-state index contributed by atoms with van der Waals surface area (Å²) in [5, 5.41) is 8.95. The number of likely N-dealkylation sites (N-methyl/N-ethyl adjacent to an activating group) is 1. The Labute approximate surface area is 187 Å². The van der Waals surface area contributed by atoms with E-state index in [1.165, 1.54) is 6.42 Å². The van der Waals surface area contributed by atoms with Gasteiger partial charge in [-0.1, -0.05) is 25.1 Å². The highest BCUT2D eigenvalue weighted by Gasteiger charge is 2.29. The zero-order valence-electron chi connectivity index (χ0n) is 18.8. The molecule has 1 aromatic carbocycles. The van der Waals surface area contributed by atoms with Gasteiger partial charge in [-0.05, 0) is 32.0 Å². The second-order valence-corrected chi connectivity index (χ2v) is 8.74. The van der Waals surface area contributed by atoms with Crippen LogP contribution in [-0.4, -0.2) is 63.3 Å². The van der Waals surface area contributed by atoms with Crippen molar-refractivity contribution < 1.29 is 9.59 Å². The molecule has 4 heterocycles. The molecule has 2 aliphatic heterocycles. The van der Waals surface area contributed by atoms with Gasteiger partial charge in [0.25, 0.3) is 0 Å². The molecule has 1 atom stereocenters. The average Bonchev–Trinajstić information content (AvgIpc) is 3.51. The van der Waals surface area contributed by atoms with Gasteiger partial charge in [0.1, 0.15) is 12.4 Å². The van der Waals surface area contributed by atoms with E-state index in [2.05, 4.69) is 40.0 Å². The third-order valence-corrected chi connectivity index (χ3v) is 6.79. The Hall–Kier alpha value is -3.13. The number of nitrogens with zero attached hydrogens (tertiary/aromatic N) is 5. The number of benzene rings is 1. The zero-order chi connectivity index (χ0) is 22.2. The number of aryl methyl sites for hydroxylation is 2. The summed E-state index contributed by atoms with van der Waals surface area (Å²) in [5.41, 5.74) is 2.98. The molecule has 2 amide bonds. The number of carbonyl (C=O) groups is 2. The van der Waals surface area contributed by atoms with E-state index >= 15 is 0 Å². The van der Waals surface area contributed by atoms with Crippen LogP contribution in [0.25, 0.3) is 22.2 Å². The number of likely N-dealkylation sites (tertiary alicyclic amines) is 1. The summed E-state index contributed by atoms with van der Waals surface area (Å²) in [6, 6.07) is 10.5. The number of rotatable bonds is 6. The SMILES string of the molecule is CCN1CCCC1CNC(=O)CN1C(=O)CCn2nc(-c3cn(C)c4ccccc34)cc21. The Morgan fingerprint density at radius 2 is 2.09 bits per heavy atom. The molecule has 1 fully saturated rings. The van der Waals surface area contributed by atoms with Gasteiger partial charge in [0.15, 0.2) is 0 Å². The number of hydrogen-bond acceptors (Lipinski definition) is 4. The Bertz CT molecular complexity index is 1160. The highest BCUT2D eigenvalue weighted by atomic mass is 16.2. The second-order valence-electron chi connectivity index (χ2n) is 8.74. The van der Waals surface area contributed by atoms with Crippen LogP contribution in [-0.2, 0) is 23.2 Å². The van der Waals surface area contributed by atoms with Gasteiger partial charge in [-0.25, -0.2) is 4.68 Å². The van der Waals surface area contributed by atoms with Crippen molar-refractivity contribution in [3.05, 3.63) is 36.5 Å². The van der Waals surface area contributed by atoms with Crippen molar-refractivity contribution in [3.8, 4) is 11.3 Å². The van der Waals surface area contributed by atoms with Gasteiger partial charge >= 0.3 is 0 Å². The van der Waals surface area contributed by atoms with E-state index in [1.54, 1.807) is 4.90 Å². The summed E-state index contributed by atoms with van der Waals surface area (Å²) in [5.74, 6) is 0.533. The van der Waals surface area contributed by atoms with Gasteiger partial charge in [-0.2, -0.15) is 5.10 Å². The van der Waals surface area contributed by atoms with Crippen LogP contribution >= 0.6 is 0 Å². The van der Waals surface area contributed by atoms with Crippen molar-refractivity contribution >= 4 is 28.5 Å². The van der Waals surface area contributed by atoms with Crippen LogP contribution in [0.3, 0.4) is 0 Å². The first-order valence-corrected chi connectivity index (χ1v) is 11.5. The molecule has 0 aliphatic carbocycles. The third-order valence-electron chi connectivity index (χ3n) is 6.79. The largest absolute Gasteiger partial charge is 0.353 e. The number of para-hydroxylation sites is 1. The predicted molar refractivity (Wildman–Crippen MR) is 124 cm³/mol. The van der Waals surface area contributed by atoms with Crippen molar-refractivity contribution in [1.82, 2.24) is 24.6 Å². The standard InChI is InChI=1S/C24H30N6O2/c1-3-28-11-6-7-17(28)14-25-22(31)16-29-23-13-20(26-30(23)12-10-24(29)32)19-15-27(2)21-9-5-4-8-18(19)21/h4-5,8-9,13,15,17H,3,6-7,10-12,14,16H2,1-2H3,(H,25,31). The van der Waals surface area contributed by atoms with E-state index in [0.717, 1.165) is 41.7 Å². The average molecular weight is 435 g/mol. The van der Waals surface area contributed by atoms with Crippen LogP contribution in [0.1, 0.15) is 26.2 Å². The van der Waals surface area contributed by atoms with Crippen molar-refractivity contribution in [2.45, 2.75) is 38.8 Å². The molecular formula is C24H30N6O2. The Morgan fingerprint density at radius 3 is 2.94 bits per heavy atom. The van der Waals surface area contributed by atoms with E-state index < -0.39 is 0 Å². The molecule has 2 aromatic heterocycles. The molecule has 3 aromatic rings. The minimum atomic E-state index is -0.123. The van der Waals surface area contributed by atoms with E-state index in [1.807, 2.05) is 29.9 Å². The second kappa shape index (κ2) is 8.43. The van der Waals surface area contributed by atoms with Gasteiger partial charge in [-0.15, -0.1) is 0 Å². The number of fused-ring (bicyclic) bond motifs is 2. The topological polar surface area (TPSA) is 75.4 Å². The normalized spacial score (nSPS) is 19.0. The summed E-state index contributed by atoms with van der Waals surface area (Å²) in [4.78, 5) is 29.4. The summed E-state index contributed by atoms with van der Waals surface area (Å²) in [6.45, 7) is 5.44. The van der Waals surface area contributed by atoms with Crippen molar-refractivity contribution in [2.75, 3.05) is 31.1 Å². The quantitative estimate of drug-likeness (QED) is 0.646.